The minimum absolute atomic E-state index is 0.0369. The maximum Gasteiger partial charge on any atom is 0.306 e. The van der Waals surface area contributed by atoms with E-state index in [2.05, 4.69) is 9.24 Å². The molecule has 0 amide bonds. The monoisotopic (exact) mass is 176 g/mol. The molecule has 1 unspecified atom stereocenters. The zero-order chi connectivity index (χ0) is 8.91. The molecule has 0 radical (unpaired) electrons. The van der Waals surface area contributed by atoms with Crippen molar-refractivity contribution in [3.63, 3.8) is 0 Å². The van der Waals surface area contributed by atoms with Crippen LogP contribution in [-0.4, -0.2) is 17.7 Å². The van der Waals surface area contributed by atoms with Crippen molar-refractivity contribution >= 4 is 15.2 Å². The van der Waals surface area contributed by atoms with Crippen LogP contribution in [-0.2, 0) is 9.53 Å². The maximum atomic E-state index is 11.0. The molecule has 0 fully saturated rings. The van der Waals surface area contributed by atoms with Crippen LogP contribution in [0, 0.1) is 0 Å². The predicted octanol–water partition coefficient (Wildman–Crippen LogP) is 1.98. The first-order valence-electron chi connectivity index (χ1n) is 3.90. The number of ether oxygens (including phenoxy) is 1. The molecule has 3 heteroatoms. The summed E-state index contributed by atoms with van der Waals surface area (Å²) in [5.74, 6) is -0.105. The molecule has 11 heavy (non-hydrogen) atoms. The van der Waals surface area contributed by atoms with Crippen LogP contribution >= 0.6 is 9.24 Å². The Hall–Kier alpha value is -0.100. The number of esters is 1. The average Bonchev–Trinajstić information content (AvgIpc) is 1.79. The van der Waals surface area contributed by atoms with E-state index in [9.17, 15) is 4.79 Å². The zero-order valence-electron chi connectivity index (χ0n) is 7.52. The molecule has 0 aromatic heterocycles. The van der Waals surface area contributed by atoms with E-state index < -0.39 is 0 Å². The topological polar surface area (TPSA) is 26.3 Å². The lowest BCUT2D eigenvalue weighted by atomic mass is 10.1. The van der Waals surface area contributed by atoms with Crippen molar-refractivity contribution in [3.05, 3.63) is 0 Å². The standard InChI is InChI=1S/C8H17O2P/c1-4-5-10-7(9)6-8(2,3)11/h4-6,11H2,1-3H3. The third-order valence-corrected chi connectivity index (χ3v) is 1.27. The van der Waals surface area contributed by atoms with E-state index in [-0.39, 0.29) is 11.1 Å². The van der Waals surface area contributed by atoms with Crippen LogP contribution in [0.1, 0.15) is 33.6 Å². The van der Waals surface area contributed by atoms with Gasteiger partial charge in [-0.1, -0.05) is 20.8 Å². The Morgan fingerprint density at radius 1 is 1.55 bits per heavy atom. The van der Waals surface area contributed by atoms with Crippen LogP contribution in [0.5, 0.6) is 0 Å². The van der Waals surface area contributed by atoms with Crippen molar-refractivity contribution in [1.29, 1.82) is 0 Å². The molecule has 2 nitrogen and oxygen atoms in total. The van der Waals surface area contributed by atoms with Crippen molar-refractivity contribution in [2.75, 3.05) is 6.61 Å². The predicted molar refractivity (Wildman–Crippen MR) is 49.7 cm³/mol. The van der Waals surface area contributed by atoms with Gasteiger partial charge in [0.1, 0.15) is 0 Å². The molecule has 0 aliphatic heterocycles. The third-order valence-electron chi connectivity index (χ3n) is 1.07. The fraction of sp³-hybridized carbons (Fsp3) is 0.875. The molecule has 1 atom stereocenters. The Morgan fingerprint density at radius 3 is 2.45 bits per heavy atom. The largest absolute Gasteiger partial charge is 0.466 e. The molecule has 0 rings (SSSR count). The van der Waals surface area contributed by atoms with Gasteiger partial charge in [0.15, 0.2) is 0 Å². The third kappa shape index (κ3) is 7.80. The summed E-state index contributed by atoms with van der Waals surface area (Å²) >= 11 is 0. The van der Waals surface area contributed by atoms with Gasteiger partial charge < -0.3 is 4.74 Å². The molecule has 66 valence electrons. The van der Waals surface area contributed by atoms with Crippen molar-refractivity contribution < 1.29 is 9.53 Å². The Morgan fingerprint density at radius 2 is 2.09 bits per heavy atom. The Labute approximate surface area is 70.9 Å². The van der Waals surface area contributed by atoms with Gasteiger partial charge in [-0.15, -0.1) is 9.24 Å². The number of hydrogen-bond acceptors (Lipinski definition) is 2. The van der Waals surface area contributed by atoms with E-state index >= 15 is 0 Å². The van der Waals surface area contributed by atoms with E-state index in [1.165, 1.54) is 0 Å². The van der Waals surface area contributed by atoms with Crippen LogP contribution in [0.3, 0.4) is 0 Å². The zero-order valence-corrected chi connectivity index (χ0v) is 8.67. The van der Waals surface area contributed by atoms with Gasteiger partial charge in [0.25, 0.3) is 0 Å². The Bertz CT molecular complexity index is 127. The van der Waals surface area contributed by atoms with Crippen molar-refractivity contribution in [2.45, 2.75) is 38.8 Å². The first kappa shape index (κ1) is 10.9. The van der Waals surface area contributed by atoms with Crippen molar-refractivity contribution in [1.82, 2.24) is 0 Å². The van der Waals surface area contributed by atoms with Gasteiger partial charge in [0.2, 0.25) is 0 Å². The Kier molecular flexibility index (Phi) is 4.67. The molecule has 0 saturated carbocycles. The normalized spacial score (nSPS) is 11.3. The first-order chi connectivity index (χ1) is 4.95. The molecule has 0 aliphatic carbocycles. The SMILES string of the molecule is CCCOC(=O)CC(C)(C)P. The molecular formula is C8H17O2P. The Balaban J connectivity index is 3.53. The van der Waals surface area contributed by atoms with Crippen LogP contribution < -0.4 is 0 Å². The van der Waals surface area contributed by atoms with Crippen LogP contribution in [0.25, 0.3) is 0 Å². The summed E-state index contributed by atoms with van der Waals surface area (Å²) in [6.45, 7) is 6.51. The lowest BCUT2D eigenvalue weighted by Crippen LogP contribution is -2.18. The van der Waals surface area contributed by atoms with E-state index in [4.69, 9.17) is 4.74 Å². The fourth-order valence-corrected chi connectivity index (χ4v) is 0.806. The highest BCUT2D eigenvalue weighted by atomic mass is 31.0. The minimum Gasteiger partial charge on any atom is -0.466 e. The van der Waals surface area contributed by atoms with Gasteiger partial charge in [0.05, 0.1) is 13.0 Å². The smallest absolute Gasteiger partial charge is 0.306 e. The average molecular weight is 176 g/mol. The number of carbonyl (C=O) groups excluding carboxylic acids is 1. The molecule has 0 aromatic rings. The summed E-state index contributed by atoms with van der Waals surface area (Å²) in [6.07, 6.45) is 1.36. The van der Waals surface area contributed by atoms with E-state index in [1.807, 2.05) is 20.8 Å². The molecule has 0 aromatic carbocycles. The maximum absolute atomic E-state index is 11.0. The molecule has 0 aliphatic rings. The highest BCUT2D eigenvalue weighted by molar-refractivity contribution is 7.18. The van der Waals surface area contributed by atoms with E-state index in [1.54, 1.807) is 0 Å². The molecule has 0 saturated heterocycles. The quantitative estimate of drug-likeness (QED) is 0.483. The lowest BCUT2D eigenvalue weighted by molar-refractivity contribution is -0.144. The summed E-state index contributed by atoms with van der Waals surface area (Å²) in [6, 6.07) is 0. The van der Waals surface area contributed by atoms with Gasteiger partial charge in [-0.2, -0.15) is 0 Å². The van der Waals surface area contributed by atoms with Crippen LogP contribution in [0.15, 0.2) is 0 Å². The van der Waals surface area contributed by atoms with Gasteiger partial charge in [-0.3, -0.25) is 4.79 Å². The first-order valence-corrected chi connectivity index (χ1v) is 4.48. The highest BCUT2D eigenvalue weighted by Crippen LogP contribution is 2.20. The van der Waals surface area contributed by atoms with Crippen molar-refractivity contribution in [2.24, 2.45) is 0 Å². The second-order valence-electron chi connectivity index (χ2n) is 3.39. The van der Waals surface area contributed by atoms with E-state index in [0.717, 1.165) is 6.42 Å². The summed E-state index contributed by atoms with van der Waals surface area (Å²) < 4.78 is 4.91. The lowest BCUT2D eigenvalue weighted by Gasteiger charge is -2.16. The molecule has 0 N–H and O–H groups in total. The number of rotatable bonds is 4. The highest BCUT2D eigenvalue weighted by Gasteiger charge is 2.16. The molecule has 0 heterocycles. The van der Waals surface area contributed by atoms with Crippen LogP contribution in [0.2, 0.25) is 0 Å². The minimum atomic E-state index is -0.105. The summed E-state index contributed by atoms with van der Waals surface area (Å²) in [4.78, 5) is 11.0. The van der Waals surface area contributed by atoms with Gasteiger partial charge in [-0.05, 0) is 11.6 Å². The summed E-state index contributed by atoms with van der Waals surface area (Å²) in [5, 5.41) is -0.0369. The van der Waals surface area contributed by atoms with E-state index in [0.29, 0.717) is 13.0 Å². The van der Waals surface area contributed by atoms with Crippen LogP contribution in [0.4, 0.5) is 0 Å². The number of carbonyl (C=O) groups is 1. The molecule has 0 spiro atoms. The summed E-state index contributed by atoms with van der Waals surface area (Å²) in [5.41, 5.74) is 0. The summed E-state index contributed by atoms with van der Waals surface area (Å²) in [7, 11) is 2.62. The van der Waals surface area contributed by atoms with Gasteiger partial charge in [-0.25, -0.2) is 0 Å². The number of hydrogen-bond donors (Lipinski definition) is 0. The molecule has 0 bridgehead atoms. The van der Waals surface area contributed by atoms with Gasteiger partial charge in [0, 0.05) is 0 Å². The fourth-order valence-electron chi connectivity index (χ4n) is 0.639. The second-order valence-corrected chi connectivity index (χ2v) is 4.95. The second kappa shape index (κ2) is 4.71. The molecular weight excluding hydrogens is 159 g/mol. The van der Waals surface area contributed by atoms with Gasteiger partial charge >= 0.3 is 5.97 Å². The van der Waals surface area contributed by atoms with Crippen molar-refractivity contribution in [3.8, 4) is 0 Å².